The molecular formula is C15H29N3O2. The molecule has 2 saturated heterocycles. The minimum atomic E-state index is -0.293. The van der Waals surface area contributed by atoms with Crippen LogP contribution in [0.15, 0.2) is 0 Å². The summed E-state index contributed by atoms with van der Waals surface area (Å²) in [4.78, 5) is 18.6. The lowest BCUT2D eigenvalue weighted by molar-refractivity contribution is -0.143. The number of nitrogens with zero attached hydrogens (tertiary/aromatic N) is 3. The summed E-state index contributed by atoms with van der Waals surface area (Å²) in [5.74, 6) is 0.781. The number of carbonyl (C=O) groups excluding carboxylic acids is 1. The smallest absolute Gasteiger partial charge is 0.219 e. The number of aliphatic hydroxyl groups is 1. The van der Waals surface area contributed by atoms with Crippen molar-refractivity contribution in [3.63, 3.8) is 0 Å². The molecule has 2 aliphatic rings. The Hall–Kier alpha value is -0.650. The van der Waals surface area contributed by atoms with E-state index in [2.05, 4.69) is 30.6 Å². The van der Waals surface area contributed by atoms with Crippen LogP contribution in [0.2, 0.25) is 0 Å². The lowest BCUT2D eigenvalue weighted by Gasteiger charge is -2.56. The molecule has 2 fully saturated rings. The summed E-state index contributed by atoms with van der Waals surface area (Å²) in [6.45, 7) is 13.9. The van der Waals surface area contributed by atoms with Gasteiger partial charge < -0.3 is 14.9 Å². The molecule has 0 aromatic carbocycles. The van der Waals surface area contributed by atoms with Crippen LogP contribution in [0, 0.1) is 5.92 Å². The molecular weight excluding hydrogens is 254 g/mol. The van der Waals surface area contributed by atoms with Crippen molar-refractivity contribution in [1.82, 2.24) is 14.7 Å². The Bertz CT molecular complexity index is 361. The number of hydrogen-bond acceptors (Lipinski definition) is 4. The first-order valence-electron chi connectivity index (χ1n) is 7.71. The van der Waals surface area contributed by atoms with Gasteiger partial charge in [-0.2, -0.15) is 0 Å². The highest BCUT2D eigenvalue weighted by atomic mass is 16.3. The van der Waals surface area contributed by atoms with E-state index in [1.54, 1.807) is 6.92 Å². The molecule has 116 valence electrons. The minimum absolute atomic E-state index is 0.109. The highest BCUT2D eigenvalue weighted by Gasteiger charge is 2.45. The summed E-state index contributed by atoms with van der Waals surface area (Å²) in [6.07, 6.45) is 0. The van der Waals surface area contributed by atoms with Crippen LogP contribution in [-0.2, 0) is 4.79 Å². The molecule has 2 unspecified atom stereocenters. The van der Waals surface area contributed by atoms with E-state index < -0.39 is 0 Å². The summed E-state index contributed by atoms with van der Waals surface area (Å²) >= 11 is 0. The van der Waals surface area contributed by atoms with Gasteiger partial charge >= 0.3 is 0 Å². The van der Waals surface area contributed by atoms with E-state index in [1.807, 2.05) is 4.90 Å². The maximum absolute atomic E-state index is 11.7. The molecule has 1 N–H and O–H groups in total. The third kappa shape index (κ3) is 3.15. The number of aliphatic hydroxyl groups excluding tert-OH is 1. The Kier molecular flexibility index (Phi) is 4.72. The van der Waals surface area contributed by atoms with Gasteiger partial charge in [0.25, 0.3) is 0 Å². The van der Waals surface area contributed by atoms with Crippen LogP contribution in [0.25, 0.3) is 0 Å². The second-order valence-electron chi connectivity index (χ2n) is 7.06. The van der Waals surface area contributed by atoms with E-state index >= 15 is 0 Å². The van der Waals surface area contributed by atoms with Crippen molar-refractivity contribution in [2.45, 2.75) is 39.3 Å². The van der Waals surface area contributed by atoms with Gasteiger partial charge in [-0.25, -0.2) is 0 Å². The van der Waals surface area contributed by atoms with Crippen molar-refractivity contribution in [2.24, 2.45) is 5.92 Å². The number of carbonyl (C=O) groups is 1. The van der Waals surface area contributed by atoms with Gasteiger partial charge in [0.2, 0.25) is 5.91 Å². The van der Waals surface area contributed by atoms with Gasteiger partial charge in [-0.1, -0.05) is 13.8 Å². The molecule has 2 heterocycles. The van der Waals surface area contributed by atoms with E-state index in [1.165, 1.54) is 0 Å². The van der Waals surface area contributed by atoms with E-state index in [9.17, 15) is 9.90 Å². The first kappa shape index (κ1) is 15.7. The van der Waals surface area contributed by atoms with Gasteiger partial charge in [-0.3, -0.25) is 9.69 Å². The normalized spacial score (nSPS) is 32.5. The Labute approximate surface area is 122 Å². The molecule has 0 saturated carbocycles. The van der Waals surface area contributed by atoms with Crippen molar-refractivity contribution in [3.05, 3.63) is 0 Å². The van der Waals surface area contributed by atoms with Crippen LogP contribution in [0.3, 0.4) is 0 Å². The monoisotopic (exact) mass is 283 g/mol. The molecule has 20 heavy (non-hydrogen) atoms. The zero-order valence-corrected chi connectivity index (χ0v) is 13.3. The third-order valence-electron chi connectivity index (χ3n) is 4.63. The average molecular weight is 283 g/mol. The van der Waals surface area contributed by atoms with Crippen molar-refractivity contribution in [3.8, 4) is 0 Å². The quantitative estimate of drug-likeness (QED) is 0.806. The summed E-state index contributed by atoms with van der Waals surface area (Å²) in [7, 11) is 0. The highest BCUT2D eigenvalue weighted by Crippen LogP contribution is 2.28. The fourth-order valence-corrected chi connectivity index (χ4v) is 3.67. The zero-order chi connectivity index (χ0) is 14.9. The summed E-state index contributed by atoms with van der Waals surface area (Å²) in [5.41, 5.74) is -0.293. The fourth-order valence-electron chi connectivity index (χ4n) is 3.67. The van der Waals surface area contributed by atoms with Gasteiger partial charge in [0.1, 0.15) is 0 Å². The first-order chi connectivity index (χ1) is 9.35. The molecule has 2 rings (SSSR count). The molecule has 0 aliphatic carbocycles. The van der Waals surface area contributed by atoms with Gasteiger partial charge in [-0.15, -0.1) is 0 Å². The largest absolute Gasteiger partial charge is 0.394 e. The zero-order valence-electron chi connectivity index (χ0n) is 13.3. The molecule has 5 heteroatoms. The fraction of sp³-hybridized carbons (Fsp3) is 0.933. The molecule has 2 aliphatic heterocycles. The number of hydrogen-bond donors (Lipinski definition) is 1. The SMILES string of the molecule is CC(=O)N1CC2CN(CC(C)C)CCN2C(C)(CO)C1. The van der Waals surface area contributed by atoms with Crippen LogP contribution in [0.1, 0.15) is 27.7 Å². The summed E-state index contributed by atoms with van der Waals surface area (Å²) in [6, 6.07) is 0.345. The van der Waals surface area contributed by atoms with Gasteiger partial charge in [0, 0.05) is 52.2 Å². The minimum Gasteiger partial charge on any atom is -0.394 e. The van der Waals surface area contributed by atoms with Gasteiger partial charge in [0.05, 0.1) is 12.1 Å². The Morgan fingerprint density at radius 1 is 1.35 bits per heavy atom. The molecule has 2 atom stereocenters. The maximum Gasteiger partial charge on any atom is 0.219 e. The Morgan fingerprint density at radius 3 is 2.60 bits per heavy atom. The number of amides is 1. The molecule has 0 aromatic rings. The molecule has 5 nitrogen and oxygen atoms in total. The predicted molar refractivity (Wildman–Crippen MR) is 79.5 cm³/mol. The Balaban J connectivity index is 2.11. The molecule has 0 aromatic heterocycles. The Morgan fingerprint density at radius 2 is 2.05 bits per heavy atom. The standard InChI is InChI=1S/C15H29N3O2/c1-12(2)7-16-5-6-18-14(8-16)9-17(13(3)20)10-15(18,4)11-19/h12,14,19H,5-11H2,1-4H3. The van der Waals surface area contributed by atoms with Gasteiger partial charge in [0.15, 0.2) is 0 Å². The predicted octanol–water partition coefficient (Wildman–Crippen LogP) is 0.242. The van der Waals surface area contributed by atoms with Crippen LogP contribution in [0.4, 0.5) is 0 Å². The number of fused-ring (bicyclic) bond motifs is 1. The van der Waals surface area contributed by atoms with E-state index in [0.29, 0.717) is 18.5 Å². The molecule has 0 radical (unpaired) electrons. The number of rotatable bonds is 3. The van der Waals surface area contributed by atoms with Crippen molar-refractivity contribution >= 4 is 5.91 Å². The van der Waals surface area contributed by atoms with Crippen LogP contribution in [0.5, 0.6) is 0 Å². The van der Waals surface area contributed by atoms with Crippen LogP contribution >= 0.6 is 0 Å². The second kappa shape index (κ2) is 6.00. The van der Waals surface area contributed by atoms with E-state index in [0.717, 1.165) is 32.7 Å². The van der Waals surface area contributed by atoms with Crippen molar-refractivity contribution < 1.29 is 9.90 Å². The van der Waals surface area contributed by atoms with Crippen LogP contribution < -0.4 is 0 Å². The average Bonchev–Trinajstić information content (AvgIpc) is 2.37. The second-order valence-corrected chi connectivity index (χ2v) is 7.06. The lowest BCUT2D eigenvalue weighted by atomic mass is 9.91. The first-order valence-corrected chi connectivity index (χ1v) is 7.71. The van der Waals surface area contributed by atoms with Crippen molar-refractivity contribution in [1.29, 1.82) is 0 Å². The molecule has 1 amide bonds. The number of piperazine rings is 2. The van der Waals surface area contributed by atoms with Gasteiger partial charge in [-0.05, 0) is 12.8 Å². The maximum atomic E-state index is 11.7. The topological polar surface area (TPSA) is 47.0 Å². The van der Waals surface area contributed by atoms with E-state index in [4.69, 9.17) is 0 Å². The molecule has 0 bridgehead atoms. The lowest BCUT2D eigenvalue weighted by Crippen LogP contribution is -2.72. The van der Waals surface area contributed by atoms with E-state index in [-0.39, 0.29) is 18.1 Å². The summed E-state index contributed by atoms with van der Waals surface area (Å²) < 4.78 is 0. The molecule has 0 spiro atoms. The van der Waals surface area contributed by atoms with Crippen molar-refractivity contribution in [2.75, 3.05) is 45.9 Å². The van der Waals surface area contributed by atoms with Crippen LogP contribution in [-0.4, -0.2) is 83.2 Å². The third-order valence-corrected chi connectivity index (χ3v) is 4.63. The highest BCUT2D eigenvalue weighted by molar-refractivity contribution is 5.73. The summed E-state index contributed by atoms with van der Waals surface area (Å²) in [5, 5.41) is 9.81.